The van der Waals surface area contributed by atoms with Crippen molar-refractivity contribution in [3.05, 3.63) is 95.1 Å². The molecule has 3 aromatic rings. The van der Waals surface area contributed by atoms with Gasteiger partial charge in [0.15, 0.2) is 0 Å². The minimum atomic E-state index is -4.64. The molecule has 0 bridgehead atoms. The Labute approximate surface area is 347 Å². The number of alkyl halides is 6. The van der Waals surface area contributed by atoms with Crippen molar-refractivity contribution in [2.24, 2.45) is 5.92 Å². The van der Waals surface area contributed by atoms with Crippen LogP contribution in [0.4, 0.5) is 31.1 Å². The smallest absolute Gasteiger partial charge is 0.416 e. The van der Waals surface area contributed by atoms with Crippen LogP contribution >= 0.6 is 0 Å². The summed E-state index contributed by atoms with van der Waals surface area (Å²) in [6.07, 6.45) is -3.53. The Balaban J connectivity index is 1.29. The van der Waals surface area contributed by atoms with Gasteiger partial charge in [0, 0.05) is 38.8 Å². The highest BCUT2D eigenvalue weighted by Gasteiger charge is 2.45. The van der Waals surface area contributed by atoms with E-state index in [1.807, 2.05) is 0 Å². The molecule has 1 N–H and O–H groups in total. The Morgan fingerprint density at radius 3 is 1.77 bits per heavy atom. The molecular weight excluding hydrogens is 815 g/mol. The van der Waals surface area contributed by atoms with Crippen molar-refractivity contribution >= 4 is 22.0 Å². The van der Waals surface area contributed by atoms with Crippen molar-refractivity contribution in [1.29, 1.82) is 0 Å². The van der Waals surface area contributed by atoms with Crippen molar-refractivity contribution in [2.75, 3.05) is 39.3 Å². The van der Waals surface area contributed by atoms with E-state index in [0.29, 0.717) is 42.2 Å². The zero-order valence-corrected chi connectivity index (χ0v) is 34.7. The number of nitrogens with one attached hydrogen (secondary N) is 1. The van der Waals surface area contributed by atoms with E-state index in [9.17, 15) is 44.3 Å². The van der Waals surface area contributed by atoms with Gasteiger partial charge in [0.1, 0.15) is 17.4 Å². The number of ether oxygens (including phenoxy) is 2. The van der Waals surface area contributed by atoms with E-state index in [1.165, 1.54) is 47.7 Å². The topological polar surface area (TPSA) is 108 Å². The van der Waals surface area contributed by atoms with Gasteiger partial charge in [0.2, 0.25) is 15.9 Å². The van der Waals surface area contributed by atoms with E-state index in [1.54, 1.807) is 37.8 Å². The molecule has 3 fully saturated rings. The number of nitrogens with zero attached hydrogens (tertiary/aromatic N) is 3. The summed E-state index contributed by atoms with van der Waals surface area (Å²) < 4.78 is 123. The predicted molar refractivity (Wildman–Crippen MR) is 211 cm³/mol. The molecule has 1 atom stereocenters. The van der Waals surface area contributed by atoms with Gasteiger partial charge >= 0.3 is 18.4 Å². The van der Waals surface area contributed by atoms with E-state index in [2.05, 4.69) is 5.32 Å². The maximum absolute atomic E-state index is 14.6. The lowest BCUT2D eigenvalue weighted by Crippen LogP contribution is -2.62. The number of amides is 2. The van der Waals surface area contributed by atoms with Gasteiger partial charge < -0.3 is 19.7 Å². The monoisotopic (exact) mass is 866 g/mol. The number of sulfonamides is 1. The van der Waals surface area contributed by atoms with Crippen LogP contribution in [-0.2, 0) is 31.9 Å². The lowest BCUT2D eigenvalue weighted by atomic mass is 9.90. The van der Waals surface area contributed by atoms with Crippen LogP contribution < -0.4 is 10.1 Å². The zero-order chi connectivity index (χ0) is 43.5. The first-order chi connectivity index (χ1) is 28.2. The Morgan fingerprint density at radius 2 is 1.27 bits per heavy atom. The summed E-state index contributed by atoms with van der Waals surface area (Å²) in [6, 6.07) is 11.9. The lowest BCUT2D eigenvalue weighted by Gasteiger charge is -2.45. The van der Waals surface area contributed by atoms with Gasteiger partial charge in [0.25, 0.3) is 0 Å². The number of likely N-dealkylation sites (tertiary alicyclic amines) is 1. The predicted octanol–water partition coefficient (Wildman–Crippen LogP) is 8.66. The van der Waals surface area contributed by atoms with Crippen LogP contribution in [0.15, 0.2) is 77.7 Å². The fourth-order valence-electron chi connectivity index (χ4n) is 8.17. The molecule has 60 heavy (non-hydrogen) atoms. The van der Waals surface area contributed by atoms with Crippen LogP contribution in [0.1, 0.15) is 94.0 Å². The van der Waals surface area contributed by atoms with Crippen LogP contribution in [-0.4, -0.2) is 91.5 Å². The molecule has 6 rings (SSSR count). The summed E-state index contributed by atoms with van der Waals surface area (Å²) in [5.74, 6) is 0.415. The average Bonchev–Trinajstić information content (AvgIpc) is 3.20. The molecule has 1 saturated carbocycles. The SMILES string of the molecule is CC(C)(C)OC(=O)NC1CCN(C(=O)[C@@H]2CN(C(c3ccc(C(F)(F)F)cc3)c3ccc(C(F)(F)F)cc3)CCN2S(=O)(=O)c2ccc(OCC3CCCCC3)cc2)CC1. The van der Waals surface area contributed by atoms with Gasteiger partial charge in [-0.2, -0.15) is 30.6 Å². The molecule has 2 aliphatic heterocycles. The van der Waals surface area contributed by atoms with Crippen molar-refractivity contribution < 1.29 is 53.8 Å². The normalized spacial score (nSPS) is 19.6. The Kier molecular flexibility index (Phi) is 13.8. The van der Waals surface area contributed by atoms with E-state index in [0.717, 1.165) is 54.3 Å². The Morgan fingerprint density at radius 1 is 0.733 bits per heavy atom. The molecular formula is C43H52F6N4O6S. The van der Waals surface area contributed by atoms with E-state index in [-0.39, 0.29) is 43.7 Å². The number of alkyl carbamates (subject to hydrolysis) is 1. The molecule has 10 nitrogen and oxygen atoms in total. The number of piperidine rings is 1. The second-order valence-corrected chi connectivity index (χ2v) is 18.7. The largest absolute Gasteiger partial charge is 0.493 e. The van der Waals surface area contributed by atoms with E-state index < -0.39 is 63.2 Å². The minimum Gasteiger partial charge on any atom is -0.493 e. The summed E-state index contributed by atoms with van der Waals surface area (Å²) in [5.41, 5.74) is -1.94. The molecule has 0 spiro atoms. The van der Waals surface area contributed by atoms with Crippen LogP contribution in [0, 0.1) is 5.92 Å². The van der Waals surface area contributed by atoms with Crippen molar-refractivity contribution in [2.45, 2.75) is 107 Å². The highest BCUT2D eigenvalue weighted by atomic mass is 32.2. The van der Waals surface area contributed by atoms with Gasteiger partial charge in [-0.05, 0) is 112 Å². The van der Waals surface area contributed by atoms with Crippen molar-refractivity contribution in [3.8, 4) is 5.75 Å². The molecule has 3 aromatic carbocycles. The summed E-state index contributed by atoms with van der Waals surface area (Å²) >= 11 is 0. The van der Waals surface area contributed by atoms with Crippen molar-refractivity contribution in [3.63, 3.8) is 0 Å². The fraction of sp³-hybridized carbons (Fsp3) is 0.535. The molecule has 2 saturated heterocycles. The lowest BCUT2D eigenvalue weighted by molar-refractivity contribution is -0.139. The molecule has 1 aliphatic carbocycles. The van der Waals surface area contributed by atoms with E-state index in [4.69, 9.17) is 9.47 Å². The van der Waals surface area contributed by atoms with Gasteiger partial charge in [-0.1, -0.05) is 43.5 Å². The summed E-state index contributed by atoms with van der Waals surface area (Å²) in [4.78, 5) is 30.3. The van der Waals surface area contributed by atoms with Gasteiger partial charge in [-0.25, -0.2) is 13.2 Å². The Bertz CT molecular complexity index is 1970. The second-order valence-electron chi connectivity index (χ2n) is 16.8. The number of halogens is 6. The third-order valence-electron chi connectivity index (χ3n) is 11.3. The molecule has 3 aliphatic rings. The third kappa shape index (κ3) is 11.3. The minimum absolute atomic E-state index is 0.0137. The highest BCUT2D eigenvalue weighted by molar-refractivity contribution is 7.89. The van der Waals surface area contributed by atoms with Gasteiger partial charge in [-0.15, -0.1) is 0 Å². The molecule has 17 heteroatoms. The molecule has 2 heterocycles. The third-order valence-corrected chi connectivity index (χ3v) is 13.2. The highest BCUT2D eigenvalue weighted by Crippen LogP contribution is 2.38. The maximum Gasteiger partial charge on any atom is 0.416 e. The molecule has 0 unspecified atom stereocenters. The molecule has 2 amide bonds. The first-order valence-corrected chi connectivity index (χ1v) is 21.7. The molecule has 0 aromatic heterocycles. The first-order valence-electron chi connectivity index (χ1n) is 20.3. The molecule has 328 valence electrons. The standard InChI is InChI=1S/C43H52F6N4O6S/c1-41(2,3)59-40(55)50-34-21-23-51(24-22-34)39(54)37-27-52(25-26-53(37)60(56,57)36-19-17-35(18-20-36)58-28-29-7-5-4-6-8-29)38(30-9-13-32(14-10-30)42(44,45)46)31-11-15-33(16-12-31)43(47,48)49/h9-20,29,34,37-38H,4-8,21-28H2,1-3H3,(H,50,55)/t37-/m0/s1. The summed E-state index contributed by atoms with van der Waals surface area (Å²) in [7, 11) is -4.33. The fourth-order valence-corrected chi connectivity index (χ4v) is 9.74. The van der Waals surface area contributed by atoms with Gasteiger partial charge in [0.05, 0.1) is 28.7 Å². The number of benzene rings is 3. The average molecular weight is 867 g/mol. The van der Waals surface area contributed by atoms with E-state index >= 15 is 0 Å². The Hall–Kier alpha value is -4.35. The number of carbonyl (C=O) groups is 2. The number of hydrogen-bond acceptors (Lipinski definition) is 7. The first kappa shape index (κ1) is 45.2. The number of carbonyl (C=O) groups excluding carboxylic acids is 2. The maximum atomic E-state index is 14.6. The van der Waals surface area contributed by atoms with Crippen LogP contribution in [0.25, 0.3) is 0 Å². The second kappa shape index (κ2) is 18.3. The zero-order valence-electron chi connectivity index (χ0n) is 33.9. The number of hydrogen-bond donors (Lipinski definition) is 1. The summed E-state index contributed by atoms with van der Waals surface area (Å²) in [6.45, 7) is 5.63. The van der Waals surface area contributed by atoms with Crippen LogP contribution in [0.2, 0.25) is 0 Å². The van der Waals surface area contributed by atoms with Crippen molar-refractivity contribution in [1.82, 2.24) is 19.4 Å². The molecule has 0 radical (unpaired) electrons. The van der Waals surface area contributed by atoms with Crippen LogP contribution in [0.3, 0.4) is 0 Å². The quantitative estimate of drug-likeness (QED) is 0.203. The number of piperazine rings is 1. The number of rotatable bonds is 10. The summed E-state index contributed by atoms with van der Waals surface area (Å²) in [5, 5.41) is 2.82. The van der Waals surface area contributed by atoms with Crippen LogP contribution in [0.5, 0.6) is 5.75 Å². The van der Waals surface area contributed by atoms with Gasteiger partial charge in [-0.3, -0.25) is 9.69 Å².